The lowest BCUT2D eigenvalue weighted by Crippen LogP contribution is -2.74. The highest BCUT2D eigenvalue weighted by molar-refractivity contribution is 7.19. The first-order valence-electron chi connectivity index (χ1n) is 22.4. The molecule has 0 aliphatic rings. The van der Waals surface area contributed by atoms with E-state index in [-0.39, 0.29) is 64.6 Å². The van der Waals surface area contributed by atoms with E-state index in [1.54, 1.807) is 6.07 Å². The number of fused-ring (bicyclic) bond motifs is 3. The Morgan fingerprint density at radius 1 is 0.429 bits per heavy atom. The molecule has 3 nitrogen and oxygen atoms in total. The smallest absolute Gasteiger partial charge is 0.179 e. The Balaban J connectivity index is 1.34. The van der Waals surface area contributed by atoms with Crippen LogP contribution in [0.5, 0.6) is 0 Å². The van der Waals surface area contributed by atoms with Gasteiger partial charge in [-0.15, -0.1) is 0 Å². The Bertz CT molecular complexity index is 3270. The minimum atomic E-state index is -3.62. The molecule has 0 unspecified atom stereocenters. The number of hydrogen-bond acceptors (Lipinski definition) is 2. The summed E-state index contributed by atoms with van der Waals surface area (Å²) in [5.74, 6) is -0.0558. The summed E-state index contributed by atoms with van der Waals surface area (Å²) in [4.78, 5) is 10.1. The molecule has 4 heteroatoms. The SMILES string of the molecule is [2H]c1c([2H])c([2H])c(-n2c3ccccc3c3ccccc32)c(-c2nc(-c3ccccc3)cc(-c3c([2H])c([2H])c([2H])c([Si](c4ccccc4)(c4ccccc4)c4ccccc4)c3[2H])n2)c1[2H]. The van der Waals surface area contributed by atoms with Gasteiger partial charge in [0.15, 0.2) is 13.9 Å². The van der Waals surface area contributed by atoms with Gasteiger partial charge in [0.2, 0.25) is 0 Å². The second-order valence-corrected chi connectivity index (χ2v) is 17.3. The molecule has 56 heavy (non-hydrogen) atoms. The Labute approximate surface area is 339 Å². The van der Waals surface area contributed by atoms with E-state index in [2.05, 4.69) is 0 Å². The molecule has 10 rings (SSSR count). The third kappa shape index (κ3) is 5.67. The van der Waals surface area contributed by atoms with Crippen LogP contribution in [-0.2, 0) is 0 Å². The fraction of sp³-hybridized carbons (Fsp3) is 0. The summed E-state index contributed by atoms with van der Waals surface area (Å²) in [7, 11) is -3.62. The molecule has 2 aromatic heterocycles. The molecule has 0 saturated heterocycles. The third-order valence-electron chi connectivity index (χ3n) is 10.4. The van der Waals surface area contributed by atoms with Crippen molar-refractivity contribution >= 4 is 50.6 Å². The van der Waals surface area contributed by atoms with Crippen molar-refractivity contribution < 1.29 is 11.0 Å². The van der Waals surface area contributed by atoms with Crippen LogP contribution >= 0.6 is 0 Å². The quantitative estimate of drug-likeness (QED) is 0.115. The number of hydrogen-bond donors (Lipinski definition) is 0. The maximum Gasteiger partial charge on any atom is 0.179 e. The second kappa shape index (κ2) is 14.3. The number of benzene rings is 8. The van der Waals surface area contributed by atoms with E-state index in [4.69, 9.17) is 12.7 Å². The van der Waals surface area contributed by atoms with Gasteiger partial charge in [0, 0.05) is 27.5 Å². The normalized spacial score (nSPS) is 13.6. The number of rotatable bonds is 8. The van der Waals surface area contributed by atoms with Crippen LogP contribution in [0.1, 0.15) is 11.0 Å². The lowest BCUT2D eigenvalue weighted by atomic mass is 10.1. The van der Waals surface area contributed by atoms with Gasteiger partial charge in [-0.2, -0.15) is 0 Å². The van der Waals surface area contributed by atoms with Gasteiger partial charge in [0.25, 0.3) is 0 Å². The maximum atomic E-state index is 10.3. The van der Waals surface area contributed by atoms with Crippen molar-refractivity contribution in [3.05, 3.63) is 224 Å². The van der Waals surface area contributed by atoms with Crippen LogP contribution in [0.3, 0.4) is 0 Å². The van der Waals surface area contributed by atoms with Crippen LogP contribution in [0.4, 0.5) is 0 Å². The van der Waals surface area contributed by atoms with Crippen molar-refractivity contribution in [2.75, 3.05) is 0 Å². The van der Waals surface area contributed by atoms with E-state index in [0.717, 1.165) is 37.4 Å². The Morgan fingerprint density at radius 3 is 1.48 bits per heavy atom. The highest BCUT2D eigenvalue weighted by Gasteiger charge is 2.41. The van der Waals surface area contributed by atoms with Gasteiger partial charge < -0.3 is 4.57 Å². The van der Waals surface area contributed by atoms with Crippen molar-refractivity contribution in [1.29, 1.82) is 0 Å². The average Bonchev–Trinajstić information content (AvgIpc) is 3.67. The van der Waals surface area contributed by atoms with Crippen LogP contribution < -0.4 is 20.7 Å². The summed E-state index contributed by atoms with van der Waals surface area (Å²) >= 11 is 0. The molecule has 0 atom stereocenters. The predicted molar refractivity (Wildman–Crippen MR) is 236 cm³/mol. The van der Waals surface area contributed by atoms with Crippen LogP contribution in [0.2, 0.25) is 0 Å². The zero-order valence-corrected chi connectivity index (χ0v) is 31.1. The van der Waals surface area contributed by atoms with Crippen LogP contribution in [0.25, 0.3) is 61.4 Å². The van der Waals surface area contributed by atoms with Crippen LogP contribution in [-0.4, -0.2) is 22.6 Å². The first-order valence-corrected chi connectivity index (χ1v) is 20.4. The summed E-state index contributed by atoms with van der Waals surface area (Å²) in [6, 6.07) is 53.2. The van der Waals surface area contributed by atoms with Crippen molar-refractivity contribution in [2.24, 2.45) is 0 Å². The standard InChI is InChI=1S/C52H37N3Si/c1-5-20-38(21-6-1)47-37-48(54-52(53-47)46-32-15-18-35-51(46)55-49-33-16-13-30-44(49)45-31-14-17-34-50(45)55)39-22-19-29-43(36-39)56(40-23-7-2-8-24-40,41-25-9-3-10-26-41)42-27-11-4-12-28-42/h1-37H/i15D,18D,19D,22D,29D,32D,35D,36D. The Hall–Kier alpha value is -7.14. The van der Waals surface area contributed by atoms with E-state index in [9.17, 15) is 8.22 Å². The summed E-state index contributed by atoms with van der Waals surface area (Å²) in [6.45, 7) is 0. The van der Waals surface area contributed by atoms with Crippen LogP contribution in [0.15, 0.2) is 224 Å². The molecule has 0 spiro atoms. The first-order chi connectivity index (χ1) is 31.1. The van der Waals surface area contributed by atoms with Gasteiger partial charge in [0.05, 0.1) is 39.1 Å². The van der Waals surface area contributed by atoms with E-state index >= 15 is 0 Å². The zero-order chi connectivity index (χ0) is 44.3. The zero-order valence-electron chi connectivity index (χ0n) is 38.1. The molecule has 0 N–H and O–H groups in total. The fourth-order valence-corrected chi connectivity index (χ4v) is 12.4. The second-order valence-electron chi connectivity index (χ2n) is 13.5. The van der Waals surface area contributed by atoms with Gasteiger partial charge in [-0.25, -0.2) is 9.97 Å². The summed E-state index contributed by atoms with van der Waals surface area (Å²) in [5.41, 5.74) is 2.76. The number of nitrogens with zero attached hydrogens (tertiary/aromatic N) is 3. The third-order valence-corrected chi connectivity index (χ3v) is 15.0. The minimum absolute atomic E-state index is 0.00995. The largest absolute Gasteiger partial charge is 0.309 e. The minimum Gasteiger partial charge on any atom is -0.309 e. The van der Waals surface area contributed by atoms with Gasteiger partial charge >= 0.3 is 0 Å². The summed E-state index contributed by atoms with van der Waals surface area (Å²) < 4.78 is 77.8. The highest BCUT2D eigenvalue weighted by atomic mass is 28.3. The molecule has 264 valence electrons. The Morgan fingerprint density at radius 2 is 0.911 bits per heavy atom. The summed E-state index contributed by atoms with van der Waals surface area (Å²) in [5, 5.41) is 4.78. The van der Waals surface area contributed by atoms with E-state index in [1.807, 2.05) is 174 Å². The van der Waals surface area contributed by atoms with Gasteiger partial charge in [-0.3, -0.25) is 0 Å². The molecule has 0 aliphatic heterocycles. The number of aromatic nitrogens is 3. The lowest BCUT2D eigenvalue weighted by Gasteiger charge is -2.34. The molecule has 0 fully saturated rings. The van der Waals surface area contributed by atoms with E-state index in [0.29, 0.717) is 16.4 Å². The topological polar surface area (TPSA) is 30.7 Å². The molecule has 0 radical (unpaired) electrons. The predicted octanol–water partition coefficient (Wildman–Crippen LogP) is 9.95. The van der Waals surface area contributed by atoms with Crippen molar-refractivity contribution in [3.63, 3.8) is 0 Å². The van der Waals surface area contributed by atoms with Crippen molar-refractivity contribution in [1.82, 2.24) is 14.5 Å². The van der Waals surface area contributed by atoms with Crippen molar-refractivity contribution in [2.45, 2.75) is 0 Å². The monoisotopic (exact) mass is 739 g/mol. The molecular formula is C52H37N3Si. The molecule has 0 aliphatic carbocycles. The van der Waals surface area contributed by atoms with E-state index < -0.39 is 20.2 Å². The lowest BCUT2D eigenvalue weighted by molar-refractivity contribution is 1.14. The Kier molecular flexibility index (Phi) is 6.57. The van der Waals surface area contributed by atoms with Gasteiger partial charge in [0.1, 0.15) is 0 Å². The van der Waals surface area contributed by atoms with Gasteiger partial charge in [-0.1, -0.05) is 194 Å². The highest BCUT2D eigenvalue weighted by Crippen LogP contribution is 2.36. The molecular weight excluding hydrogens is 695 g/mol. The van der Waals surface area contributed by atoms with Crippen LogP contribution in [0, 0.1) is 0 Å². The molecule has 10 aromatic rings. The van der Waals surface area contributed by atoms with Crippen molar-refractivity contribution in [3.8, 4) is 39.6 Å². The average molecular weight is 740 g/mol. The van der Waals surface area contributed by atoms with E-state index in [1.165, 1.54) is 0 Å². The van der Waals surface area contributed by atoms with Gasteiger partial charge in [-0.05, 0) is 51.0 Å². The molecule has 2 heterocycles. The molecule has 0 saturated carbocycles. The number of para-hydroxylation sites is 3. The summed E-state index contributed by atoms with van der Waals surface area (Å²) in [6.07, 6.45) is 0. The molecule has 8 aromatic carbocycles. The maximum absolute atomic E-state index is 10.3. The molecule has 0 bridgehead atoms. The fourth-order valence-electron chi connectivity index (χ4n) is 7.90. The first kappa shape index (κ1) is 25.8. The molecule has 0 amide bonds.